The molecule has 4 radical (unpaired) electrons. The Kier molecular flexibility index (Phi) is 26.0. The average Bonchev–Trinajstić information content (AvgIpc) is 0.793. The van der Waals surface area contributed by atoms with Crippen molar-refractivity contribution in [2.24, 2.45) is 0 Å². The Morgan fingerprint density at radius 1 is 0.186 bits per heavy atom. The van der Waals surface area contributed by atoms with Gasteiger partial charge in [0.1, 0.15) is 0 Å². The molecule has 0 saturated heterocycles. The molecule has 0 aliphatic rings. The Morgan fingerprint density at radius 2 is 0.314 bits per heavy atom. The zero-order valence-corrected chi connectivity index (χ0v) is 68.1. The van der Waals surface area contributed by atoms with E-state index in [0.717, 1.165) is 0 Å². The molecule has 86 heavy (non-hydrogen) atoms. The van der Waals surface area contributed by atoms with Crippen molar-refractivity contribution in [2.75, 3.05) is 0 Å². The number of benzene rings is 6. The molecule has 0 nitrogen and oxygen atoms in total. The molecule has 0 spiro atoms. The summed E-state index contributed by atoms with van der Waals surface area (Å²) in [5, 5.41) is 0. The second kappa shape index (κ2) is 30.4. The van der Waals surface area contributed by atoms with Crippen molar-refractivity contribution in [3.63, 3.8) is 0 Å². The van der Waals surface area contributed by atoms with Gasteiger partial charge in [-0.2, -0.15) is 0 Å². The molecule has 0 N–H and O–H groups in total. The monoisotopic (exact) mass is 1370 g/mol. The van der Waals surface area contributed by atoms with Crippen LogP contribution in [-0.2, 0) is 0 Å². The van der Waals surface area contributed by atoms with Crippen molar-refractivity contribution in [1.29, 1.82) is 0 Å². The second-order valence-electron chi connectivity index (χ2n) is 31.2. The predicted octanol–water partition coefficient (Wildman–Crippen LogP) is 25.1. The molecule has 0 saturated carbocycles. The fourth-order valence-corrected chi connectivity index (χ4v) is 17.2. The molecule has 0 amide bonds. The molecule has 0 fully saturated rings. The summed E-state index contributed by atoms with van der Waals surface area (Å²) in [5.74, 6) is 7.57. The number of rotatable bonds is 20. The summed E-state index contributed by atoms with van der Waals surface area (Å²) in [7, 11) is 0. The molecular weight excluding hydrogens is 1250 g/mol. The van der Waals surface area contributed by atoms with Gasteiger partial charge in [0.05, 0.1) is 0 Å². The summed E-state index contributed by atoms with van der Waals surface area (Å²) in [6.45, 7) is 76.4. The standard InChI is InChI=1S/2C42H61.2Sn.2H/c2*1-23(2)31-17-35(27(9)10)41(36(18-31)28(11)12)39-22-40(34(26(7)8)21-33(39)25(5)6)42-37(29(13)14)19-32(24(3)4)20-38(42)30(15)16;;;;/h2*17-21,23-30H,1-16H3;;;;. The van der Waals surface area contributed by atoms with Gasteiger partial charge in [-0.1, -0.05) is 0 Å². The van der Waals surface area contributed by atoms with Crippen molar-refractivity contribution < 1.29 is 0 Å². The van der Waals surface area contributed by atoms with E-state index in [-0.39, 0.29) is 0 Å². The van der Waals surface area contributed by atoms with Crippen LogP contribution in [0.5, 0.6) is 0 Å². The van der Waals surface area contributed by atoms with E-state index in [2.05, 4.69) is 282 Å². The first-order valence-corrected chi connectivity index (χ1v) is 37.9. The number of hydrogen-bond donors (Lipinski definition) is 0. The van der Waals surface area contributed by atoms with E-state index in [0.29, 0.717) is 117 Å². The fraction of sp³-hybridized carbons (Fsp3) is 0.571. The van der Waals surface area contributed by atoms with Crippen LogP contribution >= 0.6 is 0 Å². The molecule has 6 aromatic rings. The molecule has 0 atom stereocenters. The summed E-state index contributed by atoms with van der Waals surface area (Å²) < 4.78 is 3.20. The van der Waals surface area contributed by atoms with Gasteiger partial charge in [-0.3, -0.25) is 0 Å². The Bertz CT molecular complexity index is 2740. The minimum atomic E-state index is 0.447. The van der Waals surface area contributed by atoms with Crippen LogP contribution in [0.15, 0.2) is 60.7 Å². The number of hydrogen-bond acceptors (Lipinski definition) is 0. The zero-order chi connectivity index (χ0) is 65.3. The zero-order valence-electron chi connectivity index (χ0n) is 61.2. The van der Waals surface area contributed by atoms with E-state index in [4.69, 9.17) is 0 Å². The Hall–Kier alpha value is -3.08. The average molecular weight is 1370 g/mol. The normalized spacial score (nSPS) is 12.6. The SMILES string of the molecule is CC(C)c1cc(C(C)C)c(-c2c(C(C)C)cc(C(C)C)c(-c3c(C(C)C)cc(C(C)C)cc3C(C)C)[c]2[SnH2])c(C(C)C)c1.CC(C)c1cc(C(C)C)c(-c2c(C(C)C)cc(C(C)C)c(-c3c(C(C)C)cc(C(C)C)cc3C(C)C)[c]2[Sn])c(C(C)C)c1. The molecule has 468 valence electrons. The van der Waals surface area contributed by atoms with E-state index in [9.17, 15) is 0 Å². The molecule has 0 aromatic heterocycles. The van der Waals surface area contributed by atoms with Crippen molar-refractivity contribution >= 4 is 52.2 Å². The van der Waals surface area contributed by atoms with E-state index in [1.54, 1.807) is 40.5 Å². The van der Waals surface area contributed by atoms with Crippen LogP contribution < -0.4 is 7.16 Å². The molecule has 0 aliphatic heterocycles. The third-order valence-electron chi connectivity index (χ3n) is 18.9. The summed E-state index contributed by atoms with van der Waals surface area (Å²) in [6.07, 6.45) is 0. The van der Waals surface area contributed by atoms with Gasteiger partial charge >= 0.3 is 563 Å². The van der Waals surface area contributed by atoms with Crippen molar-refractivity contribution in [3.05, 3.63) is 150 Å². The van der Waals surface area contributed by atoms with E-state index < -0.39 is 0 Å². The van der Waals surface area contributed by atoms with Gasteiger partial charge in [-0.15, -0.1) is 0 Å². The third kappa shape index (κ3) is 15.8. The Morgan fingerprint density at radius 3 is 0.453 bits per heavy atom. The van der Waals surface area contributed by atoms with Crippen LogP contribution in [0.1, 0.15) is 405 Å². The van der Waals surface area contributed by atoms with Crippen molar-refractivity contribution in [2.45, 2.75) is 316 Å². The molecular formula is C84H124Sn2. The Balaban J connectivity index is 0.000000314. The molecule has 0 bridgehead atoms. The van der Waals surface area contributed by atoms with Crippen LogP contribution in [0.25, 0.3) is 44.5 Å². The van der Waals surface area contributed by atoms with E-state index in [1.165, 1.54) is 123 Å². The van der Waals surface area contributed by atoms with Gasteiger partial charge in [0.15, 0.2) is 0 Å². The van der Waals surface area contributed by atoms with Gasteiger partial charge in [0.2, 0.25) is 0 Å². The third-order valence-corrected chi connectivity index (χ3v) is 22.3. The Labute approximate surface area is 558 Å². The van der Waals surface area contributed by atoms with Gasteiger partial charge in [-0.25, -0.2) is 0 Å². The fourth-order valence-electron chi connectivity index (χ4n) is 13.4. The maximum atomic E-state index is 2.64. The van der Waals surface area contributed by atoms with E-state index >= 15 is 0 Å². The van der Waals surface area contributed by atoms with Gasteiger partial charge in [0, 0.05) is 0 Å². The topological polar surface area (TPSA) is 0 Å². The van der Waals surface area contributed by atoms with Crippen molar-refractivity contribution in [3.8, 4) is 44.5 Å². The van der Waals surface area contributed by atoms with Crippen LogP contribution in [0.2, 0.25) is 0 Å². The van der Waals surface area contributed by atoms with Gasteiger partial charge < -0.3 is 0 Å². The van der Waals surface area contributed by atoms with Crippen molar-refractivity contribution in [1.82, 2.24) is 0 Å². The summed E-state index contributed by atoms with van der Waals surface area (Å²) >= 11 is 2.19. The van der Waals surface area contributed by atoms with Crippen LogP contribution in [-0.4, -0.2) is 45.0 Å². The van der Waals surface area contributed by atoms with E-state index in [1.807, 2.05) is 0 Å². The summed E-state index contributed by atoms with van der Waals surface area (Å²) in [5.41, 5.74) is 36.6. The molecule has 6 aromatic carbocycles. The molecule has 6 rings (SSSR count). The molecule has 0 aliphatic carbocycles. The first kappa shape index (κ1) is 73.7. The van der Waals surface area contributed by atoms with Gasteiger partial charge in [-0.05, 0) is 0 Å². The minimum absolute atomic E-state index is 0.447. The first-order chi connectivity index (χ1) is 39.8. The first-order valence-electron chi connectivity index (χ1n) is 34.5. The van der Waals surface area contributed by atoms with Crippen LogP contribution in [0.3, 0.4) is 0 Å². The molecule has 0 heterocycles. The second-order valence-corrected chi connectivity index (χ2v) is 34.7. The summed E-state index contributed by atoms with van der Waals surface area (Å²) in [4.78, 5) is 0. The van der Waals surface area contributed by atoms with Crippen LogP contribution in [0, 0.1) is 0 Å². The maximum absolute atomic E-state index is 2.64. The van der Waals surface area contributed by atoms with Gasteiger partial charge in [0.25, 0.3) is 0 Å². The predicted molar refractivity (Wildman–Crippen MR) is 394 cm³/mol. The van der Waals surface area contributed by atoms with Crippen LogP contribution in [0.4, 0.5) is 0 Å². The molecule has 0 unspecified atom stereocenters. The molecule has 2 heteroatoms. The summed E-state index contributed by atoms with van der Waals surface area (Å²) in [6, 6.07) is 25.7. The quantitative estimate of drug-likeness (QED) is 0.0669.